The zero-order valence-electron chi connectivity index (χ0n) is 34.4. The molecule has 11 aromatic rings. The van der Waals surface area contributed by atoms with Crippen LogP contribution in [-0.4, -0.2) is 23.0 Å². The highest BCUT2D eigenvalue weighted by Crippen LogP contribution is 2.35. The molecule has 2 heterocycles. The van der Waals surface area contributed by atoms with Gasteiger partial charge in [0.25, 0.3) is 0 Å². The van der Waals surface area contributed by atoms with E-state index in [0.29, 0.717) is 17.5 Å². The van der Waals surface area contributed by atoms with Crippen molar-refractivity contribution < 1.29 is 0 Å². The molecule has 12 rings (SSSR count). The fraction of sp³-hybridized carbons (Fsp3) is 0. The molecule has 0 amide bonds. The molecule has 1 aliphatic heterocycles. The van der Waals surface area contributed by atoms with Crippen molar-refractivity contribution in [3.8, 4) is 67.5 Å². The number of fused-ring (bicyclic) bond motifs is 5. The van der Waals surface area contributed by atoms with E-state index in [2.05, 4.69) is 231 Å². The third kappa shape index (κ3) is 6.31. The summed E-state index contributed by atoms with van der Waals surface area (Å²) in [5, 5.41) is 10.4. The SMILES string of the molecule is c1ccc(-c2ccc(-c3nc(-c4ccc(-c5ccc6ccccc6c5)cc4)nc(-c4ccc5c(c4)[Si](c4ccccc4)(c4ccccc4)c4cc6ccccc6cc4-5)n3)cc2)cc1. The first-order valence-corrected chi connectivity index (χ1v) is 23.5. The van der Waals surface area contributed by atoms with Crippen molar-refractivity contribution in [1.29, 1.82) is 0 Å². The summed E-state index contributed by atoms with van der Waals surface area (Å²) in [7, 11) is -2.83. The molecule has 63 heavy (non-hydrogen) atoms. The second-order valence-corrected chi connectivity index (χ2v) is 20.1. The predicted molar refractivity (Wildman–Crippen MR) is 265 cm³/mol. The lowest BCUT2D eigenvalue weighted by Gasteiger charge is -2.31. The Labute approximate surface area is 367 Å². The predicted octanol–water partition coefficient (Wildman–Crippen LogP) is 11.9. The summed E-state index contributed by atoms with van der Waals surface area (Å²) in [4.78, 5) is 15.8. The van der Waals surface area contributed by atoms with E-state index in [1.165, 1.54) is 64.5 Å². The van der Waals surface area contributed by atoms with E-state index >= 15 is 0 Å². The van der Waals surface area contributed by atoms with Gasteiger partial charge in [-0.25, -0.2) is 15.0 Å². The van der Waals surface area contributed by atoms with E-state index in [-0.39, 0.29) is 0 Å². The van der Waals surface area contributed by atoms with Crippen LogP contribution < -0.4 is 20.7 Å². The molecule has 10 aromatic carbocycles. The van der Waals surface area contributed by atoms with E-state index in [1.807, 2.05) is 6.07 Å². The van der Waals surface area contributed by atoms with Gasteiger partial charge < -0.3 is 0 Å². The van der Waals surface area contributed by atoms with E-state index in [9.17, 15) is 0 Å². The first-order chi connectivity index (χ1) is 31.2. The molecule has 0 unspecified atom stereocenters. The molecule has 0 saturated carbocycles. The van der Waals surface area contributed by atoms with Crippen LogP contribution in [0.3, 0.4) is 0 Å². The molecule has 0 bridgehead atoms. The number of hydrogen-bond donors (Lipinski definition) is 0. The van der Waals surface area contributed by atoms with Gasteiger partial charge in [0, 0.05) is 16.7 Å². The lowest BCUT2D eigenvalue weighted by Crippen LogP contribution is -2.72. The van der Waals surface area contributed by atoms with Gasteiger partial charge in [-0.05, 0) is 87.8 Å². The number of aromatic nitrogens is 3. The van der Waals surface area contributed by atoms with Crippen molar-refractivity contribution in [1.82, 2.24) is 15.0 Å². The molecular weight excluding hydrogens is 779 g/mol. The lowest BCUT2D eigenvalue weighted by molar-refractivity contribution is 1.07. The molecule has 0 spiro atoms. The summed E-state index contributed by atoms with van der Waals surface area (Å²) in [6.45, 7) is 0. The molecule has 0 fully saturated rings. The normalized spacial score (nSPS) is 12.6. The topological polar surface area (TPSA) is 38.7 Å². The van der Waals surface area contributed by atoms with Gasteiger partial charge in [0.15, 0.2) is 25.5 Å². The number of nitrogens with zero attached hydrogens (tertiary/aromatic N) is 3. The monoisotopic (exact) mass is 817 g/mol. The summed E-state index contributed by atoms with van der Waals surface area (Å²) in [6, 6.07) is 85.7. The fourth-order valence-corrected chi connectivity index (χ4v) is 14.9. The van der Waals surface area contributed by atoms with Gasteiger partial charge in [0.2, 0.25) is 0 Å². The van der Waals surface area contributed by atoms with Crippen LogP contribution in [0.2, 0.25) is 0 Å². The highest BCUT2D eigenvalue weighted by molar-refractivity contribution is 7.22. The molecule has 1 aromatic heterocycles. The van der Waals surface area contributed by atoms with Crippen LogP contribution in [-0.2, 0) is 0 Å². The lowest BCUT2D eigenvalue weighted by atomic mass is 10.00. The molecule has 3 nitrogen and oxygen atoms in total. The summed E-state index contributed by atoms with van der Waals surface area (Å²) >= 11 is 0. The van der Waals surface area contributed by atoms with Crippen molar-refractivity contribution in [3.05, 3.63) is 237 Å². The van der Waals surface area contributed by atoms with Gasteiger partial charge in [-0.2, -0.15) is 0 Å². The Hall–Kier alpha value is -8.05. The van der Waals surface area contributed by atoms with Crippen molar-refractivity contribution >= 4 is 50.4 Å². The van der Waals surface area contributed by atoms with Gasteiger partial charge in [-0.15, -0.1) is 0 Å². The average Bonchev–Trinajstić information content (AvgIpc) is 3.65. The minimum Gasteiger partial charge on any atom is -0.208 e. The average molecular weight is 818 g/mol. The van der Waals surface area contributed by atoms with Crippen molar-refractivity contribution in [2.24, 2.45) is 0 Å². The molecule has 0 saturated heterocycles. The minimum absolute atomic E-state index is 0.636. The van der Waals surface area contributed by atoms with Crippen molar-refractivity contribution in [2.45, 2.75) is 0 Å². The van der Waals surface area contributed by atoms with E-state index in [4.69, 9.17) is 15.0 Å². The van der Waals surface area contributed by atoms with Gasteiger partial charge in [-0.1, -0.05) is 224 Å². The second-order valence-electron chi connectivity index (χ2n) is 16.4. The van der Waals surface area contributed by atoms with Crippen molar-refractivity contribution in [3.63, 3.8) is 0 Å². The zero-order chi connectivity index (χ0) is 41.7. The van der Waals surface area contributed by atoms with E-state index < -0.39 is 8.07 Å². The molecular formula is C59H39N3Si. The molecule has 294 valence electrons. The Bertz CT molecular complexity index is 3440. The summed E-state index contributed by atoms with van der Waals surface area (Å²) < 4.78 is 0. The van der Waals surface area contributed by atoms with Crippen LogP contribution >= 0.6 is 0 Å². The zero-order valence-corrected chi connectivity index (χ0v) is 35.4. The number of rotatable bonds is 7. The van der Waals surface area contributed by atoms with E-state index in [1.54, 1.807) is 0 Å². The molecule has 0 radical (unpaired) electrons. The van der Waals surface area contributed by atoms with Gasteiger partial charge >= 0.3 is 0 Å². The van der Waals surface area contributed by atoms with Gasteiger partial charge in [0.1, 0.15) is 0 Å². The second kappa shape index (κ2) is 15.1. The highest BCUT2D eigenvalue weighted by Gasteiger charge is 2.49. The fourth-order valence-electron chi connectivity index (χ4n) is 9.70. The van der Waals surface area contributed by atoms with E-state index in [0.717, 1.165) is 27.8 Å². The first-order valence-electron chi connectivity index (χ1n) is 21.5. The summed E-state index contributed by atoms with van der Waals surface area (Å²) in [6.07, 6.45) is 0. The Kier molecular flexibility index (Phi) is 8.84. The molecule has 4 heteroatoms. The smallest absolute Gasteiger partial charge is 0.180 e. The Morgan fingerprint density at radius 3 is 1.22 bits per heavy atom. The van der Waals surface area contributed by atoms with Crippen LogP contribution in [0.4, 0.5) is 0 Å². The standard InChI is InChI=1S/C59H39N3Si/c1-4-14-40(15-5-1)42-24-29-44(30-25-42)57-60-58(45-31-26-43(27-32-45)49-33-28-41-16-10-11-17-46(41)36-49)62-59(61-57)50-34-35-53-54-37-47-18-12-13-19-48(47)38-56(54)63(55(53)39-50,51-20-6-2-7-21-51)52-22-8-3-9-23-52/h1-39H. The van der Waals surface area contributed by atoms with Gasteiger partial charge in [0.05, 0.1) is 0 Å². The molecule has 0 aliphatic carbocycles. The van der Waals surface area contributed by atoms with Crippen molar-refractivity contribution in [2.75, 3.05) is 0 Å². The quantitative estimate of drug-likeness (QED) is 0.150. The largest absolute Gasteiger partial charge is 0.208 e. The molecule has 1 aliphatic rings. The summed E-state index contributed by atoms with van der Waals surface area (Å²) in [5.74, 6) is 1.92. The van der Waals surface area contributed by atoms with Crippen LogP contribution in [0.25, 0.3) is 89.1 Å². The maximum atomic E-state index is 5.31. The number of hydrogen-bond acceptors (Lipinski definition) is 3. The highest BCUT2D eigenvalue weighted by atomic mass is 28.3. The Morgan fingerprint density at radius 2 is 0.635 bits per heavy atom. The summed E-state index contributed by atoms with van der Waals surface area (Å²) in [5.41, 5.74) is 10.0. The third-order valence-corrected chi connectivity index (χ3v) is 17.6. The maximum absolute atomic E-state index is 5.31. The van der Waals surface area contributed by atoms with Crippen LogP contribution in [0.15, 0.2) is 237 Å². The third-order valence-electron chi connectivity index (χ3n) is 12.8. The first kappa shape index (κ1) is 36.8. The van der Waals surface area contributed by atoms with Crippen LogP contribution in [0.1, 0.15) is 0 Å². The number of benzene rings is 10. The molecule has 0 atom stereocenters. The van der Waals surface area contributed by atoms with Gasteiger partial charge in [-0.3, -0.25) is 0 Å². The molecule has 0 N–H and O–H groups in total. The van der Waals surface area contributed by atoms with Crippen LogP contribution in [0.5, 0.6) is 0 Å². The minimum atomic E-state index is -2.83. The maximum Gasteiger partial charge on any atom is 0.180 e. The Morgan fingerprint density at radius 1 is 0.238 bits per heavy atom. The Balaban J connectivity index is 1.04. The van der Waals surface area contributed by atoms with Crippen LogP contribution in [0, 0.1) is 0 Å².